The van der Waals surface area contributed by atoms with Crippen LogP contribution in [0.1, 0.15) is 45.1 Å². The molecule has 1 aromatic rings. The lowest BCUT2D eigenvalue weighted by Gasteiger charge is -2.17. The second kappa shape index (κ2) is 10.5. The molecule has 0 aliphatic heterocycles. The van der Waals surface area contributed by atoms with Gasteiger partial charge >= 0.3 is 0 Å². The molecule has 0 radical (unpaired) electrons. The lowest BCUT2D eigenvalue weighted by molar-refractivity contribution is 0.355. The number of benzene rings is 1. The van der Waals surface area contributed by atoms with Gasteiger partial charge in [0.25, 0.3) is 0 Å². The lowest BCUT2D eigenvalue weighted by atomic mass is 10.2. The van der Waals surface area contributed by atoms with E-state index < -0.39 is 0 Å². The van der Waals surface area contributed by atoms with Crippen molar-refractivity contribution < 1.29 is 4.52 Å². The van der Waals surface area contributed by atoms with E-state index in [1.165, 1.54) is 43.6 Å². The van der Waals surface area contributed by atoms with Crippen LogP contribution in [0.15, 0.2) is 30.3 Å². The van der Waals surface area contributed by atoms with Crippen LogP contribution in [0.25, 0.3) is 0 Å². The first-order valence-electron chi connectivity index (χ1n) is 7.28. The fourth-order valence-corrected chi connectivity index (χ4v) is 4.02. The molecule has 0 saturated carbocycles. The van der Waals surface area contributed by atoms with Crippen LogP contribution in [-0.4, -0.2) is 18.9 Å². The van der Waals surface area contributed by atoms with Gasteiger partial charge in [-0.25, -0.2) is 0 Å². The molecule has 0 aliphatic rings. The van der Waals surface area contributed by atoms with Gasteiger partial charge in [-0.05, 0) is 37.1 Å². The molecule has 0 aliphatic carbocycles. The third kappa shape index (κ3) is 7.13. The minimum atomic E-state index is -0.169. The van der Waals surface area contributed by atoms with E-state index in [1.54, 1.807) is 0 Å². The molecule has 102 valence electrons. The summed E-state index contributed by atoms with van der Waals surface area (Å²) in [6.07, 6.45) is 8.85. The Kier molecular flexibility index (Phi) is 9.16. The fraction of sp³-hybridized carbons (Fsp3) is 0.625. The number of rotatable bonds is 10. The zero-order valence-electron chi connectivity index (χ0n) is 11.9. The maximum absolute atomic E-state index is 6.12. The Morgan fingerprint density at radius 1 is 0.944 bits per heavy atom. The smallest absolute Gasteiger partial charge is 0.0549 e. The summed E-state index contributed by atoms with van der Waals surface area (Å²) < 4.78 is 6.12. The van der Waals surface area contributed by atoms with E-state index in [0.29, 0.717) is 0 Å². The average molecular weight is 266 g/mol. The van der Waals surface area contributed by atoms with E-state index in [0.717, 1.165) is 13.0 Å². The van der Waals surface area contributed by atoms with Crippen LogP contribution in [0.4, 0.5) is 0 Å². The lowest BCUT2D eigenvalue weighted by Crippen LogP contribution is -2.00. The minimum Gasteiger partial charge on any atom is -0.359 e. The predicted octanol–water partition coefficient (Wildman–Crippen LogP) is 5.24. The molecule has 0 N–H and O–H groups in total. The molecule has 1 aromatic carbocycles. The van der Waals surface area contributed by atoms with Crippen LogP contribution in [0.2, 0.25) is 0 Å². The van der Waals surface area contributed by atoms with E-state index in [-0.39, 0.29) is 8.15 Å². The van der Waals surface area contributed by atoms with E-state index in [9.17, 15) is 0 Å². The Labute approximate surface area is 114 Å². The van der Waals surface area contributed by atoms with Crippen molar-refractivity contribution in [1.29, 1.82) is 0 Å². The van der Waals surface area contributed by atoms with Gasteiger partial charge in [0.1, 0.15) is 0 Å². The van der Waals surface area contributed by atoms with Crippen LogP contribution in [0, 0.1) is 0 Å². The van der Waals surface area contributed by atoms with Gasteiger partial charge in [0, 0.05) is 8.15 Å². The van der Waals surface area contributed by atoms with Crippen molar-refractivity contribution in [2.75, 3.05) is 18.9 Å². The second-order valence-corrected chi connectivity index (χ2v) is 6.82. The topological polar surface area (TPSA) is 9.23 Å². The molecule has 0 atom stereocenters. The highest BCUT2D eigenvalue weighted by Crippen LogP contribution is 2.39. The Morgan fingerprint density at radius 3 is 2.11 bits per heavy atom. The monoisotopic (exact) mass is 266 g/mol. The van der Waals surface area contributed by atoms with E-state index in [1.807, 2.05) is 0 Å². The van der Waals surface area contributed by atoms with Crippen LogP contribution < -0.4 is 0 Å². The van der Waals surface area contributed by atoms with Crippen LogP contribution in [0.5, 0.6) is 0 Å². The van der Waals surface area contributed by atoms with Crippen molar-refractivity contribution in [3.8, 4) is 0 Å². The van der Waals surface area contributed by atoms with Gasteiger partial charge in [0.2, 0.25) is 0 Å². The van der Waals surface area contributed by atoms with Gasteiger partial charge in [0.05, 0.1) is 6.61 Å². The summed E-state index contributed by atoms with van der Waals surface area (Å²) >= 11 is 0. The minimum absolute atomic E-state index is 0.169. The maximum atomic E-state index is 6.12. The van der Waals surface area contributed by atoms with Crippen LogP contribution in [0.3, 0.4) is 0 Å². The molecule has 0 saturated heterocycles. The zero-order valence-corrected chi connectivity index (χ0v) is 12.8. The molecular formula is C16H27OP. The van der Waals surface area contributed by atoms with Crippen molar-refractivity contribution in [1.82, 2.24) is 0 Å². The Morgan fingerprint density at radius 2 is 1.56 bits per heavy atom. The molecule has 0 unspecified atom stereocenters. The van der Waals surface area contributed by atoms with E-state index in [2.05, 4.69) is 44.2 Å². The SMILES string of the molecule is CCCCP(CCCC)OCCc1ccccc1. The molecule has 2 heteroatoms. The summed E-state index contributed by atoms with van der Waals surface area (Å²) in [6.45, 7) is 5.41. The predicted molar refractivity (Wildman–Crippen MR) is 82.6 cm³/mol. The number of unbranched alkanes of at least 4 members (excludes halogenated alkanes) is 2. The molecule has 18 heavy (non-hydrogen) atoms. The van der Waals surface area contributed by atoms with Gasteiger partial charge in [-0.1, -0.05) is 57.0 Å². The third-order valence-electron chi connectivity index (χ3n) is 3.03. The number of hydrogen-bond donors (Lipinski definition) is 0. The molecule has 0 fully saturated rings. The van der Waals surface area contributed by atoms with Gasteiger partial charge in [-0.3, -0.25) is 0 Å². The Hall–Kier alpha value is -0.390. The quantitative estimate of drug-likeness (QED) is 0.526. The van der Waals surface area contributed by atoms with Crippen molar-refractivity contribution in [2.45, 2.75) is 46.0 Å². The summed E-state index contributed by atoms with van der Waals surface area (Å²) in [5.41, 5.74) is 1.39. The van der Waals surface area contributed by atoms with Crippen LogP contribution >= 0.6 is 8.15 Å². The van der Waals surface area contributed by atoms with E-state index in [4.69, 9.17) is 4.52 Å². The summed E-state index contributed by atoms with van der Waals surface area (Å²) in [6, 6.07) is 10.6. The first kappa shape index (κ1) is 15.7. The number of hydrogen-bond acceptors (Lipinski definition) is 1. The molecule has 0 spiro atoms. The summed E-state index contributed by atoms with van der Waals surface area (Å²) in [7, 11) is -0.169. The van der Waals surface area contributed by atoms with Crippen molar-refractivity contribution in [2.24, 2.45) is 0 Å². The largest absolute Gasteiger partial charge is 0.359 e. The summed E-state index contributed by atoms with van der Waals surface area (Å²) in [5, 5.41) is 0. The molecular weight excluding hydrogens is 239 g/mol. The van der Waals surface area contributed by atoms with Gasteiger partial charge < -0.3 is 4.52 Å². The highest BCUT2D eigenvalue weighted by Gasteiger charge is 2.07. The Balaban J connectivity index is 2.23. The standard InChI is InChI=1S/C16H27OP/c1-3-5-14-18(15-6-4-2)17-13-12-16-10-8-7-9-11-16/h7-11H,3-6,12-15H2,1-2H3. The average Bonchev–Trinajstić information content (AvgIpc) is 2.42. The Bertz CT molecular complexity index is 278. The van der Waals surface area contributed by atoms with Gasteiger partial charge in [-0.2, -0.15) is 0 Å². The molecule has 0 amide bonds. The van der Waals surface area contributed by atoms with E-state index >= 15 is 0 Å². The molecule has 0 aromatic heterocycles. The molecule has 0 bridgehead atoms. The highest BCUT2D eigenvalue weighted by molar-refractivity contribution is 7.52. The first-order valence-corrected chi connectivity index (χ1v) is 8.91. The van der Waals surface area contributed by atoms with Gasteiger partial charge in [0.15, 0.2) is 0 Å². The van der Waals surface area contributed by atoms with Crippen molar-refractivity contribution in [3.05, 3.63) is 35.9 Å². The normalized spacial score (nSPS) is 11.1. The zero-order chi connectivity index (χ0) is 13.1. The summed E-state index contributed by atoms with van der Waals surface area (Å²) in [5.74, 6) is 0. The van der Waals surface area contributed by atoms with Crippen LogP contribution in [-0.2, 0) is 10.9 Å². The summed E-state index contributed by atoms with van der Waals surface area (Å²) in [4.78, 5) is 0. The maximum Gasteiger partial charge on any atom is 0.0549 e. The third-order valence-corrected chi connectivity index (χ3v) is 5.21. The molecule has 1 nitrogen and oxygen atoms in total. The molecule has 1 rings (SSSR count). The fourth-order valence-electron chi connectivity index (χ4n) is 1.85. The van der Waals surface area contributed by atoms with Gasteiger partial charge in [-0.15, -0.1) is 0 Å². The highest BCUT2D eigenvalue weighted by atomic mass is 31.1. The molecule has 0 heterocycles. The second-order valence-electron chi connectivity index (χ2n) is 4.70. The van der Waals surface area contributed by atoms with Crippen molar-refractivity contribution >= 4 is 8.15 Å². The first-order chi connectivity index (χ1) is 8.86. The van der Waals surface area contributed by atoms with Crippen molar-refractivity contribution in [3.63, 3.8) is 0 Å².